The van der Waals surface area contributed by atoms with E-state index in [9.17, 15) is 5.11 Å². The first-order valence-electron chi connectivity index (χ1n) is 7.55. The number of phenolic OH excluding ortho intramolecular Hbond substituents is 1. The predicted molar refractivity (Wildman–Crippen MR) is 93.3 cm³/mol. The largest absolute Gasteiger partial charge is 0.505 e. The molecule has 3 nitrogen and oxygen atoms in total. The lowest BCUT2D eigenvalue weighted by Crippen LogP contribution is -1.91. The Hall–Kier alpha value is -3.07. The summed E-state index contributed by atoms with van der Waals surface area (Å²) in [6, 6.07) is 23.9. The van der Waals surface area contributed by atoms with Crippen LogP contribution in [0.5, 0.6) is 5.75 Å². The summed E-state index contributed by atoms with van der Waals surface area (Å²) < 4.78 is 1.75. The molecule has 4 rings (SSSR count). The summed E-state index contributed by atoms with van der Waals surface area (Å²) in [6.07, 6.45) is 0. The number of benzene rings is 3. The van der Waals surface area contributed by atoms with Gasteiger partial charge in [-0.1, -0.05) is 60.7 Å². The fraction of sp³-hybridized carbons (Fsp3) is 0.0500. The van der Waals surface area contributed by atoms with Gasteiger partial charge in [-0.05, 0) is 17.7 Å². The first-order valence-corrected chi connectivity index (χ1v) is 7.55. The third-order valence-corrected chi connectivity index (χ3v) is 4.11. The van der Waals surface area contributed by atoms with Crippen LogP contribution in [0.1, 0.15) is 0 Å². The molecule has 23 heavy (non-hydrogen) atoms. The van der Waals surface area contributed by atoms with Gasteiger partial charge in [0.05, 0.1) is 0 Å². The molecular formula is C20H16N2O. The fourth-order valence-corrected chi connectivity index (χ4v) is 3.01. The van der Waals surface area contributed by atoms with Crippen LogP contribution in [-0.2, 0) is 7.05 Å². The van der Waals surface area contributed by atoms with Crippen LogP contribution in [0.15, 0.2) is 72.8 Å². The zero-order chi connectivity index (χ0) is 15.8. The Morgan fingerprint density at radius 1 is 0.783 bits per heavy atom. The third-order valence-electron chi connectivity index (χ3n) is 4.11. The quantitative estimate of drug-likeness (QED) is 0.587. The highest BCUT2D eigenvalue weighted by Gasteiger charge is 2.16. The minimum absolute atomic E-state index is 0.269. The van der Waals surface area contributed by atoms with E-state index in [2.05, 4.69) is 5.10 Å². The smallest absolute Gasteiger partial charge is 0.149 e. The first kappa shape index (κ1) is 13.6. The summed E-state index contributed by atoms with van der Waals surface area (Å²) in [7, 11) is 1.86. The molecule has 0 amide bonds. The number of rotatable bonds is 2. The Kier molecular flexibility index (Phi) is 3.12. The summed E-state index contributed by atoms with van der Waals surface area (Å²) in [6.45, 7) is 0. The molecule has 0 fully saturated rings. The molecule has 0 aliphatic carbocycles. The Balaban J connectivity index is 1.98. The van der Waals surface area contributed by atoms with Gasteiger partial charge in [-0.15, -0.1) is 0 Å². The second kappa shape index (κ2) is 5.29. The maximum Gasteiger partial charge on any atom is 0.149 e. The molecule has 0 spiro atoms. The maximum atomic E-state index is 10.8. The zero-order valence-corrected chi connectivity index (χ0v) is 12.8. The van der Waals surface area contributed by atoms with Crippen LogP contribution in [0.4, 0.5) is 0 Å². The lowest BCUT2D eigenvalue weighted by atomic mass is 10.0. The van der Waals surface area contributed by atoms with E-state index in [1.54, 1.807) is 4.68 Å². The minimum Gasteiger partial charge on any atom is -0.505 e. The molecule has 0 bridgehead atoms. The number of hydrogen-bond acceptors (Lipinski definition) is 2. The van der Waals surface area contributed by atoms with Crippen molar-refractivity contribution in [2.45, 2.75) is 0 Å². The molecule has 4 aromatic rings. The molecule has 0 aliphatic heterocycles. The van der Waals surface area contributed by atoms with Gasteiger partial charge in [0, 0.05) is 23.6 Å². The number of fused-ring (bicyclic) bond motifs is 1. The van der Waals surface area contributed by atoms with Crippen LogP contribution in [0.25, 0.3) is 33.3 Å². The Labute approximate surface area is 134 Å². The third kappa shape index (κ3) is 2.18. The van der Waals surface area contributed by atoms with E-state index in [0.717, 1.165) is 33.3 Å². The van der Waals surface area contributed by atoms with Gasteiger partial charge in [-0.25, -0.2) is 0 Å². The SMILES string of the molecule is Cn1nc(-c2ccccc2)c2ccc(-c3ccccc3)c(O)c21. The summed E-state index contributed by atoms with van der Waals surface area (Å²) in [5.41, 5.74) is 4.50. The highest BCUT2D eigenvalue weighted by Crippen LogP contribution is 2.39. The highest BCUT2D eigenvalue weighted by atomic mass is 16.3. The second-order valence-corrected chi connectivity index (χ2v) is 5.56. The highest BCUT2D eigenvalue weighted by molar-refractivity contribution is 6.00. The van der Waals surface area contributed by atoms with Gasteiger partial charge in [0.2, 0.25) is 0 Å². The van der Waals surface area contributed by atoms with Crippen molar-refractivity contribution in [2.75, 3.05) is 0 Å². The topological polar surface area (TPSA) is 38.0 Å². The molecule has 1 aromatic heterocycles. The average Bonchev–Trinajstić information content (AvgIpc) is 2.94. The van der Waals surface area contributed by atoms with Gasteiger partial charge in [-0.2, -0.15) is 5.10 Å². The van der Waals surface area contributed by atoms with Crippen LogP contribution >= 0.6 is 0 Å². The van der Waals surface area contributed by atoms with Crippen molar-refractivity contribution in [1.82, 2.24) is 9.78 Å². The van der Waals surface area contributed by atoms with E-state index in [4.69, 9.17) is 0 Å². The van der Waals surface area contributed by atoms with Crippen molar-refractivity contribution in [2.24, 2.45) is 7.05 Å². The van der Waals surface area contributed by atoms with Crippen LogP contribution in [0.2, 0.25) is 0 Å². The standard InChI is InChI=1S/C20H16N2O/c1-22-19-17(18(21-22)15-10-6-3-7-11-15)13-12-16(20(19)23)14-8-4-2-5-9-14/h2-13,23H,1H3. The fourth-order valence-electron chi connectivity index (χ4n) is 3.01. The van der Waals surface area contributed by atoms with E-state index in [0.29, 0.717) is 0 Å². The molecule has 0 saturated heterocycles. The summed E-state index contributed by atoms with van der Waals surface area (Å²) in [5, 5.41) is 16.3. The molecule has 0 unspecified atom stereocenters. The molecule has 3 aromatic carbocycles. The van der Waals surface area contributed by atoms with Crippen molar-refractivity contribution in [1.29, 1.82) is 0 Å². The number of aromatic nitrogens is 2. The lowest BCUT2D eigenvalue weighted by Gasteiger charge is -2.07. The van der Waals surface area contributed by atoms with Crippen LogP contribution in [0.3, 0.4) is 0 Å². The molecule has 0 radical (unpaired) electrons. The van der Waals surface area contributed by atoms with Gasteiger partial charge in [0.25, 0.3) is 0 Å². The zero-order valence-electron chi connectivity index (χ0n) is 12.8. The normalized spacial score (nSPS) is 11.0. The summed E-state index contributed by atoms with van der Waals surface area (Å²) in [4.78, 5) is 0. The van der Waals surface area contributed by atoms with Crippen molar-refractivity contribution in [3.05, 3.63) is 72.8 Å². The van der Waals surface area contributed by atoms with Crippen LogP contribution < -0.4 is 0 Å². The van der Waals surface area contributed by atoms with E-state index in [1.807, 2.05) is 79.8 Å². The van der Waals surface area contributed by atoms with Crippen molar-refractivity contribution in [3.63, 3.8) is 0 Å². The number of nitrogens with zero attached hydrogens (tertiary/aromatic N) is 2. The Bertz CT molecular complexity index is 973. The van der Waals surface area contributed by atoms with Gasteiger partial charge in [0.1, 0.15) is 17.0 Å². The van der Waals surface area contributed by atoms with E-state index >= 15 is 0 Å². The molecule has 3 heteroatoms. The van der Waals surface area contributed by atoms with E-state index in [1.165, 1.54) is 0 Å². The molecule has 0 aliphatic rings. The van der Waals surface area contributed by atoms with E-state index < -0.39 is 0 Å². The van der Waals surface area contributed by atoms with Gasteiger partial charge in [-0.3, -0.25) is 4.68 Å². The number of aromatic hydroxyl groups is 1. The molecule has 1 heterocycles. The lowest BCUT2D eigenvalue weighted by molar-refractivity contribution is 0.479. The Morgan fingerprint density at radius 3 is 2.04 bits per heavy atom. The number of aryl methyl sites for hydroxylation is 1. The van der Waals surface area contributed by atoms with E-state index in [-0.39, 0.29) is 5.75 Å². The van der Waals surface area contributed by atoms with Crippen molar-refractivity contribution < 1.29 is 5.11 Å². The Morgan fingerprint density at radius 2 is 1.39 bits per heavy atom. The van der Waals surface area contributed by atoms with Gasteiger partial charge in [0.15, 0.2) is 0 Å². The second-order valence-electron chi connectivity index (χ2n) is 5.56. The molecular weight excluding hydrogens is 284 g/mol. The summed E-state index contributed by atoms with van der Waals surface area (Å²) >= 11 is 0. The monoisotopic (exact) mass is 300 g/mol. The molecule has 1 N–H and O–H groups in total. The first-order chi connectivity index (χ1) is 11.3. The van der Waals surface area contributed by atoms with Crippen molar-refractivity contribution >= 4 is 10.9 Å². The van der Waals surface area contributed by atoms with Gasteiger partial charge >= 0.3 is 0 Å². The number of phenols is 1. The maximum absolute atomic E-state index is 10.8. The van der Waals surface area contributed by atoms with Gasteiger partial charge < -0.3 is 5.11 Å². The minimum atomic E-state index is 0.269. The molecule has 0 saturated carbocycles. The van der Waals surface area contributed by atoms with Crippen LogP contribution in [0, 0.1) is 0 Å². The molecule has 112 valence electrons. The molecule has 0 atom stereocenters. The van der Waals surface area contributed by atoms with Crippen molar-refractivity contribution in [3.8, 4) is 28.1 Å². The summed E-state index contributed by atoms with van der Waals surface area (Å²) in [5.74, 6) is 0.269. The predicted octanol–water partition coefficient (Wildman–Crippen LogP) is 4.61. The number of hydrogen-bond donors (Lipinski definition) is 1. The average molecular weight is 300 g/mol. The van der Waals surface area contributed by atoms with Crippen LogP contribution in [-0.4, -0.2) is 14.9 Å².